The standard InChI is InChI=1S/C42H80NO8P/c1-6-8-10-12-14-16-18-19-20-21-22-23-25-26-28-30-32-34-41(44)48-38-40(39-50-52(46,47)49-37-36-43(3,4)5)51-42(45)35-33-31-29-27-24-17-15-13-11-9-7-2/h14,16,19-20,40H,6-13,15,17-18,21-39H2,1-5H3/p+1/b16-14+,20-19+/t40-/m0/s1. The molecule has 306 valence electrons. The first-order valence-corrected chi connectivity index (χ1v) is 22.6. The number of hydrogen-bond donors (Lipinski definition) is 1. The van der Waals surface area contributed by atoms with Crippen LogP contribution in [0, 0.1) is 0 Å². The minimum Gasteiger partial charge on any atom is -0.462 e. The molecule has 0 saturated heterocycles. The van der Waals surface area contributed by atoms with E-state index in [-0.39, 0.29) is 32.0 Å². The fraction of sp³-hybridized carbons (Fsp3) is 0.857. The number of phosphoric ester groups is 1. The van der Waals surface area contributed by atoms with Crippen molar-refractivity contribution in [1.82, 2.24) is 0 Å². The van der Waals surface area contributed by atoms with Gasteiger partial charge in [-0.3, -0.25) is 18.6 Å². The smallest absolute Gasteiger partial charge is 0.462 e. The number of unbranched alkanes of at least 4 members (excludes halogenated alkanes) is 20. The molecule has 0 aliphatic carbocycles. The Kier molecular flexibility index (Phi) is 34.2. The molecule has 0 bridgehead atoms. The molecule has 0 spiro atoms. The van der Waals surface area contributed by atoms with Crippen LogP contribution in [-0.2, 0) is 32.7 Å². The normalized spacial score (nSPS) is 13.9. The maximum atomic E-state index is 12.6. The van der Waals surface area contributed by atoms with E-state index in [1.807, 2.05) is 21.1 Å². The third kappa shape index (κ3) is 38.2. The molecule has 10 heteroatoms. The fourth-order valence-electron chi connectivity index (χ4n) is 5.63. The van der Waals surface area contributed by atoms with Crippen LogP contribution in [0.15, 0.2) is 24.3 Å². The van der Waals surface area contributed by atoms with Gasteiger partial charge in [0.05, 0.1) is 27.7 Å². The maximum absolute atomic E-state index is 12.6. The van der Waals surface area contributed by atoms with Gasteiger partial charge in [0.25, 0.3) is 0 Å². The Bertz CT molecular complexity index is 949. The van der Waals surface area contributed by atoms with Crippen molar-refractivity contribution in [3.05, 3.63) is 24.3 Å². The number of phosphoric acid groups is 1. The average Bonchev–Trinajstić information content (AvgIpc) is 3.09. The van der Waals surface area contributed by atoms with E-state index in [1.165, 1.54) is 96.3 Å². The molecule has 0 aromatic rings. The Labute approximate surface area is 319 Å². The molecule has 1 N–H and O–H groups in total. The van der Waals surface area contributed by atoms with Crippen molar-refractivity contribution in [3.63, 3.8) is 0 Å². The van der Waals surface area contributed by atoms with Gasteiger partial charge in [-0.2, -0.15) is 0 Å². The Morgan fingerprint density at radius 3 is 1.56 bits per heavy atom. The largest absolute Gasteiger partial charge is 0.472 e. The van der Waals surface area contributed by atoms with Gasteiger partial charge >= 0.3 is 19.8 Å². The van der Waals surface area contributed by atoms with Gasteiger partial charge in [0.2, 0.25) is 0 Å². The second-order valence-corrected chi connectivity index (χ2v) is 16.8. The number of quaternary nitrogens is 1. The number of nitrogens with zero attached hydrogens (tertiary/aromatic N) is 1. The van der Waals surface area contributed by atoms with Crippen LogP contribution in [0.3, 0.4) is 0 Å². The highest BCUT2D eigenvalue weighted by molar-refractivity contribution is 7.47. The van der Waals surface area contributed by atoms with Crippen LogP contribution >= 0.6 is 7.82 Å². The predicted octanol–water partition coefficient (Wildman–Crippen LogP) is 11.6. The first-order chi connectivity index (χ1) is 25.0. The van der Waals surface area contributed by atoms with E-state index < -0.39 is 26.5 Å². The summed E-state index contributed by atoms with van der Waals surface area (Å²) in [6, 6.07) is 0. The van der Waals surface area contributed by atoms with E-state index in [2.05, 4.69) is 38.2 Å². The Balaban J connectivity index is 4.35. The SMILES string of the molecule is CCCCC/C=C/C/C=C/CCCCCCCCCC(=O)OC[C@@H](COP(=O)(O)OCC[N+](C)(C)C)OC(=O)CCCCCCCCCCCCC. The van der Waals surface area contributed by atoms with E-state index in [0.29, 0.717) is 17.4 Å². The van der Waals surface area contributed by atoms with E-state index in [0.717, 1.165) is 51.4 Å². The fourth-order valence-corrected chi connectivity index (χ4v) is 6.37. The molecule has 52 heavy (non-hydrogen) atoms. The second-order valence-electron chi connectivity index (χ2n) is 15.4. The van der Waals surface area contributed by atoms with Crippen molar-refractivity contribution in [2.75, 3.05) is 47.5 Å². The number of likely N-dealkylation sites (N-methyl/N-ethyl adjacent to an activating group) is 1. The molecule has 2 atom stereocenters. The van der Waals surface area contributed by atoms with Gasteiger partial charge in [0, 0.05) is 12.8 Å². The highest BCUT2D eigenvalue weighted by Crippen LogP contribution is 2.43. The zero-order valence-electron chi connectivity index (χ0n) is 34.3. The predicted molar refractivity (Wildman–Crippen MR) is 215 cm³/mol. The van der Waals surface area contributed by atoms with Gasteiger partial charge in [0.15, 0.2) is 6.10 Å². The van der Waals surface area contributed by atoms with Crippen molar-refractivity contribution < 1.29 is 42.1 Å². The number of carbonyl (C=O) groups excluding carboxylic acids is 2. The van der Waals surface area contributed by atoms with E-state index in [9.17, 15) is 19.0 Å². The van der Waals surface area contributed by atoms with E-state index in [4.69, 9.17) is 18.5 Å². The van der Waals surface area contributed by atoms with Crippen LogP contribution in [0.1, 0.15) is 181 Å². The molecule has 0 rings (SSSR count). The number of ether oxygens (including phenoxy) is 2. The molecular weight excluding hydrogens is 677 g/mol. The first-order valence-electron chi connectivity index (χ1n) is 21.1. The zero-order valence-corrected chi connectivity index (χ0v) is 35.2. The molecule has 0 aromatic carbocycles. The summed E-state index contributed by atoms with van der Waals surface area (Å²) >= 11 is 0. The lowest BCUT2D eigenvalue weighted by Crippen LogP contribution is -2.37. The number of hydrogen-bond acceptors (Lipinski definition) is 7. The summed E-state index contributed by atoms with van der Waals surface area (Å²) in [4.78, 5) is 35.2. The van der Waals surface area contributed by atoms with Gasteiger partial charge in [-0.25, -0.2) is 4.57 Å². The molecule has 0 radical (unpaired) electrons. The summed E-state index contributed by atoms with van der Waals surface area (Å²) in [6.07, 6.45) is 36.5. The lowest BCUT2D eigenvalue weighted by molar-refractivity contribution is -0.870. The second kappa shape index (κ2) is 35.2. The van der Waals surface area contributed by atoms with Crippen molar-refractivity contribution in [2.45, 2.75) is 187 Å². The van der Waals surface area contributed by atoms with Gasteiger partial charge in [0.1, 0.15) is 19.8 Å². The van der Waals surface area contributed by atoms with Crippen LogP contribution in [0.2, 0.25) is 0 Å². The summed E-state index contributed by atoms with van der Waals surface area (Å²) in [7, 11) is 1.47. The number of rotatable bonds is 38. The molecule has 1 unspecified atom stereocenters. The van der Waals surface area contributed by atoms with Crippen LogP contribution in [-0.4, -0.2) is 74.9 Å². The molecule has 0 fully saturated rings. The van der Waals surface area contributed by atoms with Crippen molar-refractivity contribution in [2.24, 2.45) is 0 Å². The van der Waals surface area contributed by atoms with Crippen molar-refractivity contribution >= 4 is 19.8 Å². The molecule has 0 aliphatic rings. The zero-order chi connectivity index (χ0) is 38.6. The van der Waals surface area contributed by atoms with E-state index >= 15 is 0 Å². The van der Waals surface area contributed by atoms with Gasteiger partial charge in [-0.05, 0) is 44.9 Å². The molecule has 0 aromatic heterocycles. The van der Waals surface area contributed by atoms with Gasteiger partial charge < -0.3 is 18.9 Å². The number of esters is 2. The Morgan fingerprint density at radius 1 is 0.596 bits per heavy atom. The summed E-state index contributed by atoms with van der Waals surface area (Å²) in [5.41, 5.74) is 0. The molecule has 0 heterocycles. The third-order valence-electron chi connectivity index (χ3n) is 8.98. The topological polar surface area (TPSA) is 108 Å². The minimum absolute atomic E-state index is 0.0320. The maximum Gasteiger partial charge on any atom is 0.472 e. The summed E-state index contributed by atoms with van der Waals surface area (Å²) < 4.78 is 34.2. The lowest BCUT2D eigenvalue weighted by Gasteiger charge is -2.24. The van der Waals surface area contributed by atoms with Crippen LogP contribution in [0.25, 0.3) is 0 Å². The summed E-state index contributed by atoms with van der Waals surface area (Å²) in [5.74, 6) is -0.805. The highest BCUT2D eigenvalue weighted by atomic mass is 31.2. The van der Waals surface area contributed by atoms with Crippen LogP contribution in [0.5, 0.6) is 0 Å². The van der Waals surface area contributed by atoms with Crippen LogP contribution < -0.4 is 0 Å². The Morgan fingerprint density at radius 2 is 1.04 bits per heavy atom. The third-order valence-corrected chi connectivity index (χ3v) is 9.97. The Hall–Kier alpha value is -1.51. The summed E-state index contributed by atoms with van der Waals surface area (Å²) in [5, 5.41) is 0. The summed E-state index contributed by atoms with van der Waals surface area (Å²) in [6.45, 7) is 4.38. The monoisotopic (exact) mass is 759 g/mol. The minimum atomic E-state index is -4.37. The quantitative estimate of drug-likeness (QED) is 0.0218. The molecule has 0 saturated carbocycles. The van der Waals surface area contributed by atoms with Gasteiger partial charge in [-0.15, -0.1) is 0 Å². The van der Waals surface area contributed by atoms with E-state index in [1.54, 1.807) is 0 Å². The highest BCUT2D eigenvalue weighted by Gasteiger charge is 2.27. The number of allylic oxidation sites excluding steroid dienone is 4. The first kappa shape index (κ1) is 50.5. The number of carbonyl (C=O) groups is 2. The molecular formula is C42H81NO8P+. The molecule has 9 nitrogen and oxygen atoms in total. The lowest BCUT2D eigenvalue weighted by atomic mass is 10.1. The van der Waals surface area contributed by atoms with Gasteiger partial charge in [-0.1, -0.05) is 147 Å². The van der Waals surface area contributed by atoms with Crippen molar-refractivity contribution in [1.29, 1.82) is 0 Å². The average molecular weight is 759 g/mol. The van der Waals surface area contributed by atoms with Crippen LogP contribution in [0.4, 0.5) is 0 Å². The van der Waals surface area contributed by atoms with Crippen molar-refractivity contribution in [3.8, 4) is 0 Å². The molecule has 0 aliphatic heterocycles. The molecule has 0 amide bonds.